The third-order valence-corrected chi connectivity index (χ3v) is 4.08. The summed E-state index contributed by atoms with van der Waals surface area (Å²) in [6, 6.07) is 1.55. The zero-order valence-electron chi connectivity index (χ0n) is 9.50. The molecule has 0 bridgehead atoms. The molecule has 0 saturated heterocycles. The molecule has 0 aliphatic heterocycles. The Morgan fingerprint density at radius 3 is 2.29 bits per heavy atom. The summed E-state index contributed by atoms with van der Waals surface area (Å²) >= 11 is 0. The SMILES string of the molecule is CC1CCC(NC2CC=CC2)CC1C. The maximum absolute atomic E-state index is 3.81. The largest absolute Gasteiger partial charge is 0.311 e. The summed E-state index contributed by atoms with van der Waals surface area (Å²) in [4.78, 5) is 0. The average molecular weight is 193 g/mol. The molecular weight excluding hydrogens is 170 g/mol. The quantitative estimate of drug-likeness (QED) is 0.664. The molecule has 1 saturated carbocycles. The van der Waals surface area contributed by atoms with Gasteiger partial charge in [0.15, 0.2) is 0 Å². The first-order chi connectivity index (χ1) is 6.75. The molecule has 0 aromatic heterocycles. The van der Waals surface area contributed by atoms with Crippen molar-refractivity contribution >= 4 is 0 Å². The molecule has 0 aromatic carbocycles. The maximum Gasteiger partial charge on any atom is 0.0139 e. The van der Waals surface area contributed by atoms with E-state index in [0.29, 0.717) is 0 Å². The van der Waals surface area contributed by atoms with E-state index < -0.39 is 0 Å². The summed E-state index contributed by atoms with van der Waals surface area (Å²) < 4.78 is 0. The fourth-order valence-corrected chi connectivity index (χ4v) is 2.79. The minimum absolute atomic E-state index is 0.751. The van der Waals surface area contributed by atoms with Crippen LogP contribution in [-0.4, -0.2) is 12.1 Å². The van der Waals surface area contributed by atoms with E-state index in [2.05, 4.69) is 31.3 Å². The second-order valence-electron chi connectivity index (χ2n) is 5.27. The topological polar surface area (TPSA) is 12.0 Å². The minimum atomic E-state index is 0.751. The predicted octanol–water partition coefficient (Wildman–Crippen LogP) is 3.12. The maximum atomic E-state index is 3.81. The van der Waals surface area contributed by atoms with Gasteiger partial charge in [-0.15, -0.1) is 0 Å². The van der Waals surface area contributed by atoms with Gasteiger partial charge in [0, 0.05) is 12.1 Å². The summed E-state index contributed by atoms with van der Waals surface area (Å²) in [5, 5.41) is 3.81. The highest BCUT2D eigenvalue weighted by Crippen LogP contribution is 2.30. The van der Waals surface area contributed by atoms with E-state index in [9.17, 15) is 0 Å². The lowest BCUT2D eigenvalue weighted by Gasteiger charge is -2.34. The molecule has 1 fully saturated rings. The highest BCUT2D eigenvalue weighted by molar-refractivity contribution is 4.99. The van der Waals surface area contributed by atoms with Gasteiger partial charge in [-0.1, -0.05) is 26.0 Å². The van der Waals surface area contributed by atoms with Crippen molar-refractivity contribution in [3.8, 4) is 0 Å². The lowest BCUT2D eigenvalue weighted by molar-refractivity contribution is 0.216. The van der Waals surface area contributed by atoms with Crippen molar-refractivity contribution in [2.24, 2.45) is 11.8 Å². The molecule has 0 radical (unpaired) electrons. The Morgan fingerprint density at radius 2 is 1.64 bits per heavy atom. The molecule has 2 aliphatic carbocycles. The molecule has 0 heterocycles. The normalized spacial score (nSPS) is 39.1. The molecule has 0 aromatic rings. The lowest BCUT2D eigenvalue weighted by atomic mass is 9.79. The van der Waals surface area contributed by atoms with Crippen LogP contribution in [0, 0.1) is 11.8 Å². The van der Waals surface area contributed by atoms with Crippen LogP contribution in [0.1, 0.15) is 46.0 Å². The van der Waals surface area contributed by atoms with Gasteiger partial charge in [0.1, 0.15) is 0 Å². The molecular formula is C13H23N. The van der Waals surface area contributed by atoms with Crippen LogP contribution in [0.3, 0.4) is 0 Å². The Hall–Kier alpha value is -0.300. The van der Waals surface area contributed by atoms with Crippen molar-refractivity contribution in [1.82, 2.24) is 5.32 Å². The Kier molecular flexibility index (Phi) is 3.27. The lowest BCUT2D eigenvalue weighted by Crippen LogP contribution is -2.41. The van der Waals surface area contributed by atoms with E-state index in [1.807, 2.05) is 0 Å². The van der Waals surface area contributed by atoms with Gasteiger partial charge in [0.2, 0.25) is 0 Å². The van der Waals surface area contributed by atoms with E-state index in [1.165, 1.54) is 32.1 Å². The molecule has 3 unspecified atom stereocenters. The second-order valence-corrected chi connectivity index (χ2v) is 5.27. The molecule has 14 heavy (non-hydrogen) atoms. The van der Waals surface area contributed by atoms with Crippen LogP contribution in [0.15, 0.2) is 12.2 Å². The number of nitrogens with one attached hydrogen (secondary N) is 1. The van der Waals surface area contributed by atoms with Gasteiger partial charge in [-0.25, -0.2) is 0 Å². The van der Waals surface area contributed by atoms with Crippen molar-refractivity contribution in [1.29, 1.82) is 0 Å². The van der Waals surface area contributed by atoms with Crippen LogP contribution in [0.4, 0.5) is 0 Å². The van der Waals surface area contributed by atoms with Gasteiger partial charge in [0.05, 0.1) is 0 Å². The molecule has 1 heteroatoms. The van der Waals surface area contributed by atoms with Crippen molar-refractivity contribution in [3.05, 3.63) is 12.2 Å². The smallest absolute Gasteiger partial charge is 0.0139 e. The first-order valence-electron chi connectivity index (χ1n) is 6.16. The fourth-order valence-electron chi connectivity index (χ4n) is 2.79. The monoisotopic (exact) mass is 193 g/mol. The first-order valence-corrected chi connectivity index (χ1v) is 6.16. The van der Waals surface area contributed by atoms with Crippen LogP contribution in [-0.2, 0) is 0 Å². The van der Waals surface area contributed by atoms with E-state index in [0.717, 1.165) is 23.9 Å². The van der Waals surface area contributed by atoms with E-state index in [1.54, 1.807) is 0 Å². The molecule has 1 N–H and O–H groups in total. The van der Waals surface area contributed by atoms with Gasteiger partial charge in [-0.2, -0.15) is 0 Å². The van der Waals surface area contributed by atoms with Crippen LogP contribution >= 0.6 is 0 Å². The molecule has 0 spiro atoms. The highest BCUT2D eigenvalue weighted by atomic mass is 15.0. The van der Waals surface area contributed by atoms with Crippen molar-refractivity contribution in [2.45, 2.75) is 58.0 Å². The van der Waals surface area contributed by atoms with Gasteiger partial charge in [0.25, 0.3) is 0 Å². The molecule has 80 valence electrons. The summed E-state index contributed by atoms with van der Waals surface area (Å²) in [5.41, 5.74) is 0. The van der Waals surface area contributed by atoms with Gasteiger partial charge < -0.3 is 5.32 Å². The van der Waals surface area contributed by atoms with Crippen molar-refractivity contribution < 1.29 is 0 Å². The third kappa shape index (κ3) is 2.38. The second kappa shape index (κ2) is 4.48. The Bertz CT molecular complexity index is 201. The zero-order valence-corrected chi connectivity index (χ0v) is 9.50. The predicted molar refractivity (Wildman–Crippen MR) is 61.3 cm³/mol. The molecule has 3 atom stereocenters. The Balaban J connectivity index is 1.76. The van der Waals surface area contributed by atoms with Crippen molar-refractivity contribution in [3.63, 3.8) is 0 Å². The van der Waals surface area contributed by atoms with Gasteiger partial charge in [-0.3, -0.25) is 0 Å². The van der Waals surface area contributed by atoms with E-state index >= 15 is 0 Å². The van der Waals surface area contributed by atoms with E-state index in [-0.39, 0.29) is 0 Å². The molecule has 1 nitrogen and oxygen atoms in total. The molecule has 2 rings (SSSR count). The van der Waals surface area contributed by atoms with Crippen LogP contribution < -0.4 is 5.32 Å². The van der Waals surface area contributed by atoms with Crippen molar-refractivity contribution in [2.75, 3.05) is 0 Å². The van der Waals surface area contributed by atoms with Crippen LogP contribution in [0.5, 0.6) is 0 Å². The number of rotatable bonds is 2. The Labute approximate surface area is 88.0 Å². The summed E-state index contributed by atoms with van der Waals surface area (Å²) in [5.74, 6) is 1.85. The first kappa shape index (κ1) is 10.2. The van der Waals surface area contributed by atoms with Gasteiger partial charge in [-0.05, 0) is 43.9 Å². The summed E-state index contributed by atoms with van der Waals surface area (Å²) in [6.45, 7) is 4.81. The summed E-state index contributed by atoms with van der Waals surface area (Å²) in [7, 11) is 0. The van der Waals surface area contributed by atoms with Gasteiger partial charge >= 0.3 is 0 Å². The molecule has 0 amide bonds. The highest BCUT2D eigenvalue weighted by Gasteiger charge is 2.25. The number of hydrogen-bond acceptors (Lipinski definition) is 1. The van der Waals surface area contributed by atoms with Crippen LogP contribution in [0.25, 0.3) is 0 Å². The Morgan fingerprint density at radius 1 is 0.929 bits per heavy atom. The van der Waals surface area contributed by atoms with E-state index in [4.69, 9.17) is 0 Å². The average Bonchev–Trinajstić information content (AvgIpc) is 2.64. The standard InChI is InChI=1S/C13H23N/c1-10-7-8-13(9-11(10)2)14-12-5-3-4-6-12/h3-4,10-14H,5-9H2,1-2H3. The van der Waals surface area contributed by atoms with Crippen LogP contribution in [0.2, 0.25) is 0 Å². The zero-order chi connectivity index (χ0) is 9.97. The number of hydrogen-bond donors (Lipinski definition) is 1. The fraction of sp³-hybridized carbons (Fsp3) is 0.846. The summed E-state index contributed by atoms with van der Waals surface area (Å²) in [6.07, 6.45) is 11.3. The molecule has 2 aliphatic rings. The third-order valence-electron chi connectivity index (χ3n) is 4.08. The minimum Gasteiger partial charge on any atom is -0.311 e.